The highest BCUT2D eigenvalue weighted by Crippen LogP contribution is 2.32. The fourth-order valence-electron chi connectivity index (χ4n) is 2.45. The molecule has 0 saturated carbocycles. The average molecular weight is 309 g/mol. The van der Waals surface area contributed by atoms with Gasteiger partial charge in [0.1, 0.15) is 0 Å². The van der Waals surface area contributed by atoms with Gasteiger partial charge in [0.25, 0.3) is 5.91 Å². The molecule has 1 N–H and O–H groups in total. The minimum Gasteiger partial charge on any atom is -0.352 e. The predicted molar refractivity (Wildman–Crippen MR) is 97.2 cm³/mol. The van der Waals surface area contributed by atoms with Crippen molar-refractivity contribution < 1.29 is 4.79 Å². The molecule has 1 aliphatic carbocycles. The number of rotatable bonds is 5. The number of benzene rings is 1. The Kier molecular flexibility index (Phi) is 5.59. The van der Waals surface area contributed by atoms with E-state index in [1.165, 1.54) is 11.1 Å². The van der Waals surface area contributed by atoms with Crippen molar-refractivity contribution in [3.63, 3.8) is 0 Å². The third-order valence-corrected chi connectivity index (χ3v) is 4.68. The van der Waals surface area contributed by atoms with E-state index >= 15 is 0 Å². The number of hydrogen-bond acceptors (Lipinski definition) is 1. The molecule has 0 fully saturated rings. The van der Waals surface area contributed by atoms with Crippen LogP contribution in [0.1, 0.15) is 31.9 Å². The van der Waals surface area contributed by atoms with Crippen LogP contribution in [0.4, 0.5) is 0 Å². The van der Waals surface area contributed by atoms with E-state index < -0.39 is 0 Å². The Morgan fingerprint density at radius 2 is 1.87 bits per heavy atom. The summed E-state index contributed by atoms with van der Waals surface area (Å²) < 4.78 is 0. The van der Waals surface area contributed by atoms with Gasteiger partial charge >= 0.3 is 0 Å². The van der Waals surface area contributed by atoms with Crippen LogP contribution >= 0.6 is 0 Å². The first-order valence-corrected chi connectivity index (χ1v) is 8.33. The van der Waals surface area contributed by atoms with Gasteiger partial charge in [-0.05, 0) is 30.9 Å². The van der Waals surface area contributed by atoms with Gasteiger partial charge in [-0.3, -0.25) is 4.79 Å². The molecular weight excluding hydrogens is 282 g/mol. The van der Waals surface area contributed by atoms with Crippen LogP contribution in [0.3, 0.4) is 0 Å². The maximum atomic E-state index is 12.3. The van der Waals surface area contributed by atoms with Crippen molar-refractivity contribution >= 4 is 5.91 Å². The van der Waals surface area contributed by atoms with Crippen LogP contribution in [-0.2, 0) is 11.2 Å². The summed E-state index contributed by atoms with van der Waals surface area (Å²) in [4.78, 5) is 12.3. The lowest BCUT2D eigenvalue weighted by Crippen LogP contribution is -2.26. The van der Waals surface area contributed by atoms with Crippen LogP contribution in [0, 0.1) is 18.3 Å². The lowest BCUT2D eigenvalue weighted by atomic mass is 9.79. The molecule has 0 saturated heterocycles. The maximum Gasteiger partial charge on any atom is 0.251 e. The number of hydrogen-bond donors (Lipinski definition) is 1. The Morgan fingerprint density at radius 3 is 2.52 bits per heavy atom. The van der Waals surface area contributed by atoms with Crippen molar-refractivity contribution in [1.29, 1.82) is 0 Å². The molecule has 1 aromatic rings. The molecule has 1 amide bonds. The van der Waals surface area contributed by atoms with Gasteiger partial charge in [-0.1, -0.05) is 74.9 Å². The number of aryl methyl sites for hydroxylation is 1. The monoisotopic (exact) mass is 309 g/mol. The summed E-state index contributed by atoms with van der Waals surface area (Å²) in [5.74, 6) is 0.485. The highest BCUT2D eigenvalue weighted by molar-refractivity contribution is 5.96. The van der Waals surface area contributed by atoms with E-state index in [9.17, 15) is 4.79 Å². The second kappa shape index (κ2) is 7.45. The van der Waals surface area contributed by atoms with E-state index in [0.29, 0.717) is 12.5 Å². The zero-order valence-corrected chi connectivity index (χ0v) is 14.6. The predicted octanol–water partition coefficient (Wildman–Crippen LogP) is 4.37. The zero-order valence-electron chi connectivity index (χ0n) is 14.6. The molecular formula is C21H27NO. The second-order valence-electron chi connectivity index (χ2n) is 6.83. The van der Waals surface area contributed by atoms with Crippen LogP contribution in [0.5, 0.6) is 0 Å². The first-order valence-electron chi connectivity index (χ1n) is 8.33. The van der Waals surface area contributed by atoms with Crippen molar-refractivity contribution in [1.82, 2.24) is 5.32 Å². The minimum atomic E-state index is -0.00832. The molecule has 122 valence electrons. The van der Waals surface area contributed by atoms with Crippen LogP contribution in [0.2, 0.25) is 0 Å². The van der Waals surface area contributed by atoms with Crippen LogP contribution < -0.4 is 5.32 Å². The van der Waals surface area contributed by atoms with Crippen molar-refractivity contribution in [3.8, 4) is 0 Å². The molecule has 1 aromatic carbocycles. The molecule has 0 radical (unpaired) electrons. The van der Waals surface area contributed by atoms with Crippen molar-refractivity contribution in [3.05, 3.63) is 71.3 Å². The topological polar surface area (TPSA) is 29.1 Å². The first-order chi connectivity index (χ1) is 10.9. The van der Waals surface area contributed by atoms with Gasteiger partial charge < -0.3 is 5.32 Å². The Labute approximate surface area is 140 Å². The molecule has 1 unspecified atom stereocenters. The molecule has 2 heteroatoms. The second-order valence-corrected chi connectivity index (χ2v) is 6.83. The van der Waals surface area contributed by atoms with Gasteiger partial charge in [0.15, 0.2) is 0 Å². The normalized spacial score (nSPS) is 20.3. The van der Waals surface area contributed by atoms with E-state index in [1.54, 1.807) is 0 Å². The first kappa shape index (κ1) is 17.3. The highest BCUT2D eigenvalue weighted by Gasteiger charge is 2.23. The fraction of sp³-hybridized carbons (Fsp3) is 0.381. The summed E-state index contributed by atoms with van der Waals surface area (Å²) in [5.41, 5.74) is 3.22. The molecule has 2 rings (SSSR count). The molecule has 0 heterocycles. The molecule has 0 bridgehead atoms. The third-order valence-electron chi connectivity index (χ3n) is 4.68. The summed E-state index contributed by atoms with van der Waals surface area (Å²) in [5, 5.41) is 3.01. The molecule has 0 aromatic heterocycles. The summed E-state index contributed by atoms with van der Waals surface area (Å²) in [6, 6.07) is 8.43. The summed E-state index contributed by atoms with van der Waals surface area (Å²) in [6.45, 7) is 9.31. The average Bonchev–Trinajstić information content (AvgIpc) is 2.72. The fourth-order valence-corrected chi connectivity index (χ4v) is 2.45. The summed E-state index contributed by atoms with van der Waals surface area (Å²) >= 11 is 0. The van der Waals surface area contributed by atoms with E-state index in [4.69, 9.17) is 0 Å². The maximum absolute atomic E-state index is 12.3. The van der Waals surface area contributed by atoms with E-state index in [2.05, 4.69) is 69.4 Å². The number of allylic oxidation sites excluding steroid dienone is 4. The van der Waals surface area contributed by atoms with Gasteiger partial charge in [-0.25, -0.2) is 0 Å². The standard InChI is InChI=1S/C21H27NO/c1-16(2)21(4)13-5-6-19(11-14-21)20(23)22-15-12-18-9-7-17(3)8-10-18/h5-11,13-14,16H,12,15H2,1-4H3,(H,22,23). The lowest BCUT2D eigenvalue weighted by molar-refractivity contribution is -0.117. The number of amides is 1. The Balaban J connectivity index is 1.90. The van der Waals surface area contributed by atoms with Gasteiger partial charge in [0.2, 0.25) is 0 Å². The van der Waals surface area contributed by atoms with Gasteiger partial charge in [-0.2, -0.15) is 0 Å². The van der Waals surface area contributed by atoms with Crippen molar-refractivity contribution in [2.24, 2.45) is 11.3 Å². The largest absolute Gasteiger partial charge is 0.352 e. The number of carbonyl (C=O) groups is 1. The van der Waals surface area contributed by atoms with Crippen LogP contribution in [0.25, 0.3) is 0 Å². The molecule has 1 aliphatic rings. The van der Waals surface area contributed by atoms with E-state index in [0.717, 1.165) is 12.0 Å². The van der Waals surface area contributed by atoms with Crippen LogP contribution in [0.15, 0.2) is 60.2 Å². The van der Waals surface area contributed by atoms with Crippen molar-refractivity contribution in [2.75, 3.05) is 6.54 Å². The Hall–Kier alpha value is -2.09. The molecule has 0 aliphatic heterocycles. The van der Waals surface area contributed by atoms with E-state index in [-0.39, 0.29) is 11.3 Å². The molecule has 23 heavy (non-hydrogen) atoms. The SMILES string of the molecule is Cc1ccc(CCNC(=O)C2=CC=CC(C)(C(C)C)C=C2)cc1. The van der Waals surface area contributed by atoms with Gasteiger partial charge in [0.05, 0.1) is 0 Å². The van der Waals surface area contributed by atoms with Crippen molar-refractivity contribution in [2.45, 2.75) is 34.1 Å². The highest BCUT2D eigenvalue weighted by atomic mass is 16.1. The van der Waals surface area contributed by atoms with Gasteiger partial charge in [-0.15, -0.1) is 0 Å². The summed E-state index contributed by atoms with van der Waals surface area (Å²) in [6.07, 6.45) is 11.0. The van der Waals surface area contributed by atoms with Crippen LogP contribution in [-0.4, -0.2) is 12.5 Å². The smallest absolute Gasteiger partial charge is 0.251 e. The summed E-state index contributed by atoms with van der Waals surface area (Å²) in [7, 11) is 0. The Morgan fingerprint density at radius 1 is 1.17 bits per heavy atom. The molecule has 2 nitrogen and oxygen atoms in total. The number of nitrogens with one attached hydrogen (secondary N) is 1. The van der Waals surface area contributed by atoms with Gasteiger partial charge in [0, 0.05) is 17.5 Å². The number of carbonyl (C=O) groups excluding carboxylic acids is 1. The molecule has 0 spiro atoms. The lowest BCUT2D eigenvalue weighted by Gasteiger charge is -2.26. The van der Waals surface area contributed by atoms with E-state index in [1.807, 2.05) is 18.2 Å². The minimum absolute atomic E-state index is 0.000425. The zero-order chi connectivity index (χ0) is 16.9. The Bertz CT molecular complexity index is 634. The third kappa shape index (κ3) is 4.69. The molecule has 1 atom stereocenters. The quantitative estimate of drug-likeness (QED) is 0.860.